The highest BCUT2D eigenvalue weighted by Crippen LogP contribution is 2.04. The molecule has 0 unspecified atom stereocenters. The Morgan fingerprint density at radius 3 is 2.79 bits per heavy atom. The largest absolute Gasteiger partial charge is 0.364 e. The minimum atomic E-state index is -0.416. The lowest BCUT2D eigenvalue weighted by atomic mass is 10.1. The first-order valence-electron chi connectivity index (χ1n) is 4.38. The quantitative estimate of drug-likeness (QED) is 0.737. The molecule has 78 valence electrons. The summed E-state index contributed by atoms with van der Waals surface area (Å²) in [4.78, 5) is 11.5. The zero-order valence-electron chi connectivity index (χ0n) is 8.63. The molecule has 1 aromatic heterocycles. The molecule has 0 saturated carbocycles. The van der Waals surface area contributed by atoms with Crippen LogP contribution in [0.5, 0.6) is 0 Å². The van der Waals surface area contributed by atoms with Gasteiger partial charge in [-0.05, 0) is 20.8 Å². The van der Waals surface area contributed by atoms with Gasteiger partial charge in [0.25, 0.3) is 5.91 Å². The van der Waals surface area contributed by atoms with Gasteiger partial charge in [0, 0.05) is 12.1 Å². The van der Waals surface area contributed by atoms with Gasteiger partial charge in [-0.3, -0.25) is 4.79 Å². The number of carbonyl (C=O) groups excluding carboxylic acids is 1. The van der Waals surface area contributed by atoms with E-state index in [1.54, 1.807) is 6.92 Å². The molecule has 14 heavy (non-hydrogen) atoms. The lowest BCUT2D eigenvalue weighted by Crippen LogP contribution is -2.45. The predicted octanol–water partition coefficient (Wildman–Crippen LogP) is 0.450. The first-order valence-corrected chi connectivity index (χ1v) is 4.38. The Morgan fingerprint density at radius 2 is 2.36 bits per heavy atom. The number of nitrogens with zero attached hydrogens (tertiary/aromatic N) is 1. The first kappa shape index (κ1) is 10.7. The third-order valence-electron chi connectivity index (χ3n) is 1.70. The Hall–Kier alpha value is -1.36. The van der Waals surface area contributed by atoms with Crippen molar-refractivity contribution in [3.63, 3.8) is 0 Å². The molecule has 0 aliphatic rings. The number of carbonyl (C=O) groups is 1. The third-order valence-corrected chi connectivity index (χ3v) is 1.70. The number of aromatic nitrogens is 1. The highest BCUT2D eigenvalue weighted by molar-refractivity contribution is 5.94. The van der Waals surface area contributed by atoms with Crippen molar-refractivity contribution < 1.29 is 9.32 Å². The average Bonchev–Trinajstić information content (AvgIpc) is 2.46. The molecule has 1 aromatic rings. The van der Waals surface area contributed by atoms with Gasteiger partial charge in [-0.2, -0.15) is 0 Å². The van der Waals surface area contributed by atoms with Gasteiger partial charge < -0.3 is 15.6 Å². The molecule has 1 amide bonds. The molecular weight excluding hydrogens is 182 g/mol. The fraction of sp³-hybridized carbons (Fsp3) is 0.556. The Morgan fingerprint density at radius 1 is 1.71 bits per heavy atom. The van der Waals surface area contributed by atoms with Crippen LogP contribution in [0.4, 0.5) is 0 Å². The lowest BCUT2D eigenvalue weighted by Gasteiger charge is -2.18. The van der Waals surface area contributed by atoms with Crippen LogP contribution in [0.25, 0.3) is 0 Å². The third kappa shape index (κ3) is 2.85. The Balaban J connectivity index is 2.56. The maximum absolute atomic E-state index is 11.5. The Labute approximate surface area is 82.6 Å². The van der Waals surface area contributed by atoms with Crippen LogP contribution in [0, 0.1) is 6.92 Å². The minimum absolute atomic E-state index is 0.206. The van der Waals surface area contributed by atoms with Crippen LogP contribution >= 0.6 is 0 Å². The van der Waals surface area contributed by atoms with E-state index in [1.165, 1.54) is 6.26 Å². The van der Waals surface area contributed by atoms with E-state index >= 15 is 0 Å². The zero-order chi connectivity index (χ0) is 10.8. The number of amides is 1. The molecule has 0 aromatic carbocycles. The number of nitrogens with two attached hydrogens (primary N) is 1. The molecule has 0 bridgehead atoms. The number of rotatable bonds is 3. The van der Waals surface area contributed by atoms with Crippen LogP contribution in [0.1, 0.15) is 29.9 Å². The highest BCUT2D eigenvalue weighted by atomic mass is 16.5. The van der Waals surface area contributed by atoms with Crippen molar-refractivity contribution >= 4 is 5.91 Å². The van der Waals surface area contributed by atoms with E-state index in [0.29, 0.717) is 17.8 Å². The fourth-order valence-electron chi connectivity index (χ4n) is 0.914. The van der Waals surface area contributed by atoms with Gasteiger partial charge in [0.2, 0.25) is 0 Å². The van der Waals surface area contributed by atoms with Gasteiger partial charge in [0.05, 0.1) is 5.69 Å². The summed E-state index contributed by atoms with van der Waals surface area (Å²) >= 11 is 0. The maximum atomic E-state index is 11.5. The number of hydrogen-bond donors (Lipinski definition) is 2. The monoisotopic (exact) mass is 197 g/mol. The molecular formula is C9H15N3O2. The van der Waals surface area contributed by atoms with Gasteiger partial charge in [-0.15, -0.1) is 0 Å². The van der Waals surface area contributed by atoms with Crippen molar-refractivity contribution in [2.24, 2.45) is 5.73 Å². The summed E-state index contributed by atoms with van der Waals surface area (Å²) in [7, 11) is 0. The van der Waals surface area contributed by atoms with Crippen LogP contribution in [0.3, 0.4) is 0 Å². The van der Waals surface area contributed by atoms with Crippen molar-refractivity contribution in [3.8, 4) is 0 Å². The van der Waals surface area contributed by atoms with Gasteiger partial charge in [0.15, 0.2) is 0 Å². The number of aryl methyl sites for hydroxylation is 1. The van der Waals surface area contributed by atoms with E-state index in [2.05, 4.69) is 15.0 Å². The summed E-state index contributed by atoms with van der Waals surface area (Å²) in [6, 6.07) is 0. The molecule has 0 radical (unpaired) electrons. The predicted molar refractivity (Wildman–Crippen MR) is 51.8 cm³/mol. The summed E-state index contributed by atoms with van der Waals surface area (Å²) in [6.45, 7) is 5.81. The SMILES string of the molecule is Cc1nocc1C(=O)NCC(C)(C)N. The fourth-order valence-corrected chi connectivity index (χ4v) is 0.914. The van der Waals surface area contributed by atoms with Crippen molar-refractivity contribution in [3.05, 3.63) is 17.5 Å². The summed E-state index contributed by atoms with van der Waals surface area (Å²) in [5, 5.41) is 6.32. The molecule has 1 heterocycles. The van der Waals surface area contributed by atoms with Crippen molar-refractivity contribution in [2.75, 3.05) is 6.54 Å². The van der Waals surface area contributed by atoms with Crippen LogP contribution < -0.4 is 11.1 Å². The lowest BCUT2D eigenvalue weighted by molar-refractivity contribution is 0.0945. The van der Waals surface area contributed by atoms with Crippen molar-refractivity contribution in [2.45, 2.75) is 26.3 Å². The zero-order valence-corrected chi connectivity index (χ0v) is 8.63. The molecule has 0 saturated heterocycles. The standard InChI is InChI=1S/C9H15N3O2/c1-6-7(4-14-12-6)8(13)11-5-9(2,3)10/h4H,5,10H2,1-3H3,(H,11,13). The number of hydrogen-bond acceptors (Lipinski definition) is 4. The van der Waals surface area contributed by atoms with E-state index in [4.69, 9.17) is 5.73 Å². The molecule has 3 N–H and O–H groups in total. The van der Waals surface area contributed by atoms with Crippen molar-refractivity contribution in [1.82, 2.24) is 10.5 Å². The second kappa shape index (κ2) is 3.79. The maximum Gasteiger partial charge on any atom is 0.256 e. The van der Waals surface area contributed by atoms with E-state index in [0.717, 1.165) is 0 Å². The van der Waals surface area contributed by atoms with E-state index in [9.17, 15) is 4.79 Å². The van der Waals surface area contributed by atoms with Crippen LogP contribution in [0.15, 0.2) is 10.8 Å². The Bertz CT molecular complexity index is 325. The van der Waals surface area contributed by atoms with Gasteiger partial charge in [0.1, 0.15) is 11.8 Å². The second-order valence-electron chi connectivity index (χ2n) is 3.98. The summed E-state index contributed by atoms with van der Waals surface area (Å²) in [6.07, 6.45) is 1.33. The highest BCUT2D eigenvalue weighted by Gasteiger charge is 2.16. The summed E-state index contributed by atoms with van der Waals surface area (Å²) < 4.78 is 4.66. The summed E-state index contributed by atoms with van der Waals surface area (Å²) in [5.41, 5.74) is 6.34. The molecule has 1 rings (SSSR count). The number of nitrogens with one attached hydrogen (secondary N) is 1. The van der Waals surface area contributed by atoms with Crippen molar-refractivity contribution in [1.29, 1.82) is 0 Å². The molecule has 0 spiro atoms. The normalized spacial score (nSPS) is 11.4. The van der Waals surface area contributed by atoms with E-state index < -0.39 is 5.54 Å². The smallest absolute Gasteiger partial charge is 0.256 e. The average molecular weight is 197 g/mol. The minimum Gasteiger partial charge on any atom is -0.364 e. The van der Waals surface area contributed by atoms with E-state index in [-0.39, 0.29) is 5.91 Å². The molecule has 5 nitrogen and oxygen atoms in total. The van der Waals surface area contributed by atoms with Gasteiger partial charge in [-0.1, -0.05) is 5.16 Å². The van der Waals surface area contributed by atoms with E-state index in [1.807, 2.05) is 13.8 Å². The Kier molecular flexibility index (Phi) is 2.90. The van der Waals surface area contributed by atoms with Gasteiger partial charge >= 0.3 is 0 Å². The first-order chi connectivity index (χ1) is 6.40. The van der Waals surface area contributed by atoms with Crippen LogP contribution in [-0.2, 0) is 0 Å². The molecule has 0 aliphatic heterocycles. The molecule has 5 heteroatoms. The second-order valence-corrected chi connectivity index (χ2v) is 3.98. The molecule has 0 fully saturated rings. The summed E-state index contributed by atoms with van der Waals surface area (Å²) in [5.74, 6) is -0.206. The molecule has 0 atom stereocenters. The van der Waals surface area contributed by atoms with Crippen LogP contribution in [-0.4, -0.2) is 23.1 Å². The van der Waals surface area contributed by atoms with Crippen LogP contribution in [0.2, 0.25) is 0 Å². The topological polar surface area (TPSA) is 81.2 Å². The molecule has 0 aliphatic carbocycles. The van der Waals surface area contributed by atoms with Gasteiger partial charge in [-0.25, -0.2) is 0 Å².